The molecule has 2 heterocycles. The second kappa shape index (κ2) is 8.29. The first-order valence-electron chi connectivity index (χ1n) is 8.14. The van der Waals surface area contributed by atoms with Crippen LogP contribution in [0.2, 0.25) is 0 Å². The molecular weight excluding hydrogens is 368 g/mol. The molecule has 0 saturated heterocycles. The number of nitrogens with zero attached hydrogens (tertiary/aromatic N) is 3. The van der Waals surface area contributed by atoms with E-state index in [9.17, 15) is 0 Å². The van der Waals surface area contributed by atoms with Gasteiger partial charge in [-0.3, -0.25) is 5.10 Å². The van der Waals surface area contributed by atoms with Crippen molar-refractivity contribution in [2.75, 3.05) is 7.11 Å². The quantitative estimate of drug-likeness (QED) is 0.485. The molecule has 136 valence electrons. The van der Waals surface area contributed by atoms with Gasteiger partial charge in [0.1, 0.15) is 0 Å². The third-order valence-corrected chi connectivity index (χ3v) is 4.64. The van der Waals surface area contributed by atoms with E-state index in [1.807, 2.05) is 43.5 Å². The molecule has 1 aromatic carbocycles. The monoisotopic (exact) mass is 388 g/mol. The second-order valence-corrected chi connectivity index (χ2v) is 7.25. The minimum atomic E-state index is 0.0764. The number of H-pyrrole nitrogens is 1. The van der Waals surface area contributed by atoms with Gasteiger partial charge in [-0.25, -0.2) is 0 Å². The van der Waals surface area contributed by atoms with Gasteiger partial charge in [-0.2, -0.15) is 14.9 Å². The van der Waals surface area contributed by atoms with E-state index < -0.39 is 0 Å². The van der Waals surface area contributed by atoms with Crippen LogP contribution in [0.1, 0.15) is 30.1 Å². The maximum Gasteiger partial charge on any atom is 0.216 e. The van der Waals surface area contributed by atoms with Gasteiger partial charge in [0.15, 0.2) is 17.3 Å². The highest BCUT2D eigenvalue weighted by Crippen LogP contribution is 2.28. The van der Waals surface area contributed by atoms with E-state index >= 15 is 0 Å². The molecule has 1 N–H and O–H groups in total. The molecule has 0 aliphatic rings. The highest BCUT2D eigenvalue weighted by atomic mass is 32.1. The third kappa shape index (κ3) is 4.39. The van der Waals surface area contributed by atoms with Crippen molar-refractivity contribution in [3.05, 3.63) is 56.7 Å². The first-order chi connectivity index (χ1) is 12.6. The van der Waals surface area contributed by atoms with Crippen LogP contribution in [-0.4, -0.2) is 34.3 Å². The maximum absolute atomic E-state index is 5.73. The van der Waals surface area contributed by atoms with Crippen LogP contribution in [0.4, 0.5) is 0 Å². The molecule has 3 aromatic rings. The Bertz CT molecular complexity index is 943. The lowest BCUT2D eigenvalue weighted by Gasteiger charge is -2.13. The van der Waals surface area contributed by atoms with Crippen LogP contribution in [-0.2, 0) is 6.42 Å². The zero-order valence-electron chi connectivity index (χ0n) is 14.8. The molecule has 0 saturated carbocycles. The average Bonchev–Trinajstić information content (AvgIpc) is 3.24. The molecule has 0 unspecified atom stereocenters. The van der Waals surface area contributed by atoms with Crippen LogP contribution in [0, 0.1) is 4.77 Å². The van der Waals surface area contributed by atoms with Crippen LogP contribution in [0.5, 0.6) is 11.5 Å². The molecule has 0 amide bonds. The fourth-order valence-electron chi connectivity index (χ4n) is 2.37. The van der Waals surface area contributed by atoms with Crippen molar-refractivity contribution in [2.24, 2.45) is 5.10 Å². The van der Waals surface area contributed by atoms with Crippen LogP contribution < -0.4 is 9.47 Å². The lowest BCUT2D eigenvalue weighted by molar-refractivity contribution is 0.230. The van der Waals surface area contributed by atoms with E-state index in [0.717, 1.165) is 11.4 Å². The first-order valence-corrected chi connectivity index (χ1v) is 9.43. The number of ether oxygens (including phenoxy) is 2. The Labute approximate surface area is 161 Å². The molecule has 0 radical (unpaired) electrons. The number of aromatic amines is 1. The van der Waals surface area contributed by atoms with Crippen molar-refractivity contribution >= 4 is 29.8 Å². The number of nitrogens with one attached hydrogen (secondary N) is 1. The van der Waals surface area contributed by atoms with Crippen LogP contribution >= 0.6 is 23.6 Å². The van der Waals surface area contributed by atoms with Gasteiger partial charge in [0.25, 0.3) is 0 Å². The van der Waals surface area contributed by atoms with Crippen LogP contribution in [0.3, 0.4) is 0 Å². The summed E-state index contributed by atoms with van der Waals surface area (Å²) >= 11 is 6.97. The normalized spacial score (nSPS) is 11.4. The summed E-state index contributed by atoms with van der Waals surface area (Å²) in [4.78, 5) is 1.20. The minimum Gasteiger partial charge on any atom is -0.493 e. The zero-order chi connectivity index (χ0) is 18.5. The minimum absolute atomic E-state index is 0.0764. The summed E-state index contributed by atoms with van der Waals surface area (Å²) in [6.45, 7) is 3.95. The van der Waals surface area contributed by atoms with Gasteiger partial charge in [0, 0.05) is 11.3 Å². The molecule has 0 aliphatic heterocycles. The van der Waals surface area contributed by atoms with Gasteiger partial charge in [-0.05, 0) is 61.3 Å². The molecule has 3 rings (SSSR count). The fourth-order valence-corrected chi connectivity index (χ4v) is 3.27. The van der Waals surface area contributed by atoms with Gasteiger partial charge in [-0.1, -0.05) is 6.07 Å². The van der Waals surface area contributed by atoms with E-state index in [0.29, 0.717) is 22.7 Å². The summed E-state index contributed by atoms with van der Waals surface area (Å²) in [5.41, 5.74) is 0.878. The van der Waals surface area contributed by atoms with E-state index in [1.165, 1.54) is 4.88 Å². The molecule has 0 bridgehead atoms. The molecule has 8 heteroatoms. The number of hydrogen-bond donors (Lipinski definition) is 1. The van der Waals surface area contributed by atoms with Crippen molar-refractivity contribution in [1.82, 2.24) is 14.9 Å². The van der Waals surface area contributed by atoms with Crippen molar-refractivity contribution in [2.45, 2.75) is 26.4 Å². The summed E-state index contributed by atoms with van der Waals surface area (Å²) in [6.07, 6.45) is 2.48. The van der Waals surface area contributed by atoms with E-state index in [4.69, 9.17) is 21.7 Å². The molecule has 0 aliphatic carbocycles. The number of methoxy groups -OCH3 is 1. The number of hydrogen-bond acceptors (Lipinski definition) is 6. The summed E-state index contributed by atoms with van der Waals surface area (Å²) in [7, 11) is 1.62. The van der Waals surface area contributed by atoms with Crippen LogP contribution in [0.15, 0.2) is 40.8 Å². The Morgan fingerprint density at radius 2 is 2.19 bits per heavy atom. The number of rotatable bonds is 7. The largest absolute Gasteiger partial charge is 0.493 e. The van der Waals surface area contributed by atoms with E-state index in [-0.39, 0.29) is 6.10 Å². The number of thiophene rings is 1. The topological polar surface area (TPSA) is 64.4 Å². The Morgan fingerprint density at radius 3 is 2.88 bits per heavy atom. The van der Waals surface area contributed by atoms with Gasteiger partial charge < -0.3 is 9.47 Å². The molecule has 26 heavy (non-hydrogen) atoms. The summed E-state index contributed by atoms with van der Waals surface area (Å²) < 4.78 is 13.2. The SMILES string of the molecule is COc1cc(/C=N\n2c(Cc3cccs3)n[nH]c2=S)ccc1OC(C)C. The Kier molecular flexibility index (Phi) is 5.85. The predicted octanol–water partition coefficient (Wildman–Crippen LogP) is 4.27. The first kappa shape index (κ1) is 18.3. The fraction of sp³-hybridized carbons (Fsp3) is 0.278. The van der Waals surface area contributed by atoms with E-state index in [1.54, 1.807) is 29.3 Å². The lowest BCUT2D eigenvalue weighted by Crippen LogP contribution is -2.07. The predicted molar refractivity (Wildman–Crippen MR) is 106 cm³/mol. The highest BCUT2D eigenvalue weighted by Gasteiger charge is 2.09. The second-order valence-electron chi connectivity index (χ2n) is 5.83. The summed E-state index contributed by atoms with van der Waals surface area (Å²) in [5.74, 6) is 2.13. The molecule has 6 nitrogen and oxygen atoms in total. The van der Waals surface area contributed by atoms with E-state index in [2.05, 4.69) is 21.4 Å². The van der Waals surface area contributed by atoms with Gasteiger partial charge in [-0.15, -0.1) is 11.3 Å². The smallest absolute Gasteiger partial charge is 0.216 e. The number of benzene rings is 1. The standard InChI is InChI=1S/C18H20N4O2S2/c1-12(2)24-15-7-6-13(9-16(15)23-3)11-19-22-17(20-21-18(22)25)10-14-5-4-8-26-14/h4-9,11-12H,10H2,1-3H3,(H,21,25)/b19-11-. The van der Waals surface area contributed by atoms with Crippen LogP contribution in [0.25, 0.3) is 0 Å². The molecule has 0 fully saturated rings. The van der Waals surface area contributed by atoms with Gasteiger partial charge in [0.05, 0.1) is 19.4 Å². The molecule has 0 atom stereocenters. The Balaban J connectivity index is 1.84. The average molecular weight is 389 g/mol. The van der Waals surface area contributed by atoms with Crippen molar-refractivity contribution in [3.8, 4) is 11.5 Å². The number of aromatic nitrogens is 3. The molecule has 2 aromatic heterocycles. The molecular formula is C18H20N4O2S2. The van der Waals surface area contributed by atoms with Crippen molar-refractivity contribution in [1.29, 1.82) is 0 Å². The Hall–Kier alpha value is -2.45. The Morgan fingerprint density at radius 1 is 1.35 bits per heavy atom. The molecule has 0 spiro atoms. The van der Waals surface area contributed by atoms with Crippen molar-refractivity contribution in [3.63, 3.8) is 0 Å². The summed E-state index contributed by atoms with van der Waals surface area (Å²) in [6, 6.07) is 9.76. The highest BCUT2D eigenvalue weighted by molar-refractivity contribution is 7.71. The van der Waals surface area contributed by atoms with Gasteiger partial charge in [0.2, 0.25) is 4.77 Å². The maximum atomic E-state index is 5.73. The zero-order valence-corrected chi connectivity index (χ0v) is 16.4. The third-order valence-electron chi connectivity index (χ3n) is 3.50. The lowest BCUT2D eigenvalue weighted by atomic mass is 10.2. The van der Waals surface area contributed by atoms with Gasteiger partial charge >= 0.3 is 0 Å². The summed E-state index contributed by atoms with van der Waals surface area (Å²) in [5, 5.41) is 13.6. The van der Waals surface area contributed by atoms with Crippen molar-refractivity contribution < 1.29 is 9.47 Å².